The number of urea groups is 1. The van der Waals surface area contributed by atoms with Gasteiger partial charge in [0.25, 0.3) is 0 Å². The van der Waals surface area contributed by atoms with Gasteiger partial charge >= 0.3 is 6.03 Å². The van der Waals surface area contributed by atoms with Gasteiger partial charge in [-0.3, -0.25) is 4.79 Å². The van der Waals surface area contributed by atoms with Gasteiger partial charge in [0.15, 0.2) is 0 Å². The van der Waals surface area contributed by atoms with Crippen LogP contribution in [0.25, 0.3) is 0 Å². The fourth-order valence-corrected chi connectivity index (χ4v) is 4.18. The average Bonchev–Trinajstić information content (AvgIpc) is 3.40. The lowest BCUT2D eigenvalue weighted by Gasteiger charge is -2.33. The van der Waals surface area contributed by atoms with Crippen LogP contribution in [0.3, 0.4) is 0 Å². The lowest BCUT2D eigenvalue weighted by Crippen LogP contribution is -2.45. The molecule has 0 radical (unpaired) electrons. The molecule has 3 heterocycles. The lowest BCUT2D eigenvalue weighted by molar-refractivity contribution is -0.117. The molecular formula is C22H28N4O2. The summed E-state index contributed by atoms with van der Waals surface area (Å²) in [5.74, 6) is 0.192. The van der Waals surface area contributed by atoms with E-state index in [1.165, 1.54) is 0 Å². The summed E-state index contributed by atoms with van der Waals surface area (Å²) in [7, 11) is 0. The van der Waals surface area contributed by atoms with Crippen molar-refractivity contribution in [3.63, 3.8) is 0 Å². The molecule has 0 bridgehead atoms. The van der Waals surface area contributed by atoms with Crippen LogP contribution in [0.15, 0.2) is 48.8 Å². The molecule has 1 aromatic carbocycles. The highest BCUT2D eigenvalue weighted by molar-refractivity contribution is 5.95. The number of amides is 3. The molecule has 6 nitrogen and oxygen atoms in total. The molecule has 0 spiro atoms. The molecule has 1 atom stereocenters. The van der Waals surface area contributed by atoms with E-state index in [2.05, 4.69) is 22.3 Å². The Kier molecular flexibility index (Phi) is 5.37. The Morgan fingerprint density at radius 3 is 2.36 bits per heavy atom. The number of piperidine rings is 1. The highest BCUT2D eigenvalue weighted by Crippen LogP contribution is 2.25. The first-order valence-corrected chi connectivity index (χ1v) is 10.2. The zero-order valence-corrected chi connectivity index (χ0v) is 16.4. The third-order valence-electron chi connectivity index (χ3n) is 5.92. The van der Waals surface area contributed by atoms with Crippen molar-refractivity contribution in [2.75, 3.05) is 24.5 Å². The summed E-state index contributed by atoms with van der Waals surface area (Å²) in [5.41, 5.74) is 1.99. The molecule has 4 rings (SSSR count). The van der Waals surface area contributed by atoms with Crippen molar-refractivity contribution in [1.82, 2.24) is 14.8 Å². The van der Waals surface area contributed by atoms with Gasteiger partial charge in [-0.15, -0.1) is 0 Å². The highest BCUT2D eigenvalue weighted by atomic mass is 16.2. The predicted octanol–water partition coefficient (Wildman–Crippen LogP) is 3.72. The number of nitrogens with one attached hydrogen (secondary N) is 1. The van der Waals surface area contributed by atoms with E-state index in [9.17, 15) is 9.59 Å². The monoisotopic (exact) mass is 380 g/mol. The van der Waals surface area contributed by atoms with E-state index in [0.29, 0.717) is 12.5 Å². The number of carbonyl (C=O) groups excluding carboxylic acids is 2. The van der Waals surface area contributed by atoms with E-state index in [1.54, 1.807) is 0 Å². The number of anilines is 1. The van der Waals surface area contributed by atoms with Crippen molar-refractivity contribution in [2.45, 2.75) is 44.7 Å². The van der Waals surface area contributed by atoms with E-state index in [1.807, 2.05) is 53.1 Å². The third-order valence-corrected chi connectivity index (χ3v) is 5.92. The van der Waals surface area contributed by atoms with Gasteiger partial charge in [-0.2, -0.15) is 0 Å². The first-order chi connectivity index (χ1) is 13.6. The number of hydrogen-bond acceptors (Lipinski definition) is 2. The van der Waals surface area contributed by atoms with Gasteiger partial charge in [0.05, 0.1) is 6.04 Å². The van der Waals surface area contributed by atoms with Crippen molar-refractivity contribution in [3.05, 3.63) is 54.4 Å². The topological polar surface area (TPSA) is 57.6 Å². The fourth-order valence-electron chi connectivity index (χ4n) is 4.18. The summed E-state index contributed by atoms with van der Waals surface area (Å²) in [6, 6.07) is 12.5. The molecule has 28 heavy (non-hydrogen) atoms. The number of benzene rings is 1. The number of hydrogen-bond donors (Lipinski definition) is 1. The minimum Gasteiger partial charge on any atom is -0.351 e. The Bertz CT molecular complexity index is 808. The summed E-state index contributed by atoms with van der Waals surface area (Å²) in [4.78, 5) is 28.3. The van der Waals surface area contributed by atoms with Gasteiger partial charge in [0.2, 0.25) is 5.91 Å². The van der Waals surface area contributed by atoms with Gasteiger partial charge in [-0.1, -0.05) is 12.1 Å². The molecule has 2 saturated heterocycles. The Morgan fingerprint density at radius 2 is 1.75 bits per heavy atom. The van der Waals surface area contributed by atoms with Crippen molar-refractivity contribution >= 4 is 17.6 Å². The summed E-state index contributed by atoms with van der Waals surface area (Å²) in [6.45, 7) is 4.35. The van der Waals surface area contributed by atoms with Crippen molar-refractivity contribution in [3.8, 4) is 0 Å². The number of carbonyl (C=O) groups is 2. The van der Waals surface area contributed by atoms with E-state index in [-0.39, 0.29) is 18.0 Å². The molecule has 148 valence electrons. The minimum absolute atomic E-state index is 0.00254. The molecular weight excluding hydrogens is 352 g/mol. The molecule has 1 unspecified atom stereocenters. The first kappa shape index (κ1) is 18.6. The van der Waals surface area contributed by atoms with Gasteiger partial charge < -0.3 is 19.7 Å². The molecule has 2 aromatic rings. The number of aromatic nitrogens is 1. The zero-order chi connectivity index (χ0) is 19.5. The molecule has 0 saturated carbocycles. The number of likely N-dealkylation sites (tertiary alicyclic amines) is 1. The number of rotatable bonds is 4. The van der Waals surface area contributed by atoms with Gasteiger partial charge in [0.1, 0.15) is 0 Å². The van der Waals surface area contributed by atoms with Crippen LogP contribution in [0, 0.1) is 0 Å². The summed E-state index contributed by atoms with van der Waals surface area (Å²) >= 11 is 0. The van der Waals surface area contributed by atoms with Crippen LogP contribution in [0.5, 0.6) is 0 Å². The van der Waals surface area contributed by atoms with Gasteiger partial charge in [0, 0.05) is 50.2 Å². The molecule has 2 aliphatic heterocycles. The lowest BCUT2D eigenvalue weighted by atomic mass is 10.0. The Balaban J connectivity index is 1.30. The van der Waals surface area contributed by atoms with Crippen LogP contribution in [0.1, 0.15) is 50.3 Å². The summed E-state index contributed by atoms with van der Waals surface area (Å²) in [6.07, 6.45) is 7.72. The molecule has 3 amide bonds. The second-order valence-corrected chi connectivity index (χ2v) is 7.76. The van der Waals surface area contributed by atoms with Crippen LogP contribution in [0.2, 0.25) is 0 Å². The van der Waals surface area contributed by atoms with Crippen molar-refractivity contribution < 1.29 is 9.59 Å². The first-order valence-electron chi connectivity index (χ1n) is 10.2. The van der Waals surface area contributed by atoms with Gasteiger partial charge in [-0.05, 0) is 56.0 Å². The maximum atomic E-state index is 12.6. The van der Waals surface area contributed by atoms with E-state index >= 15 is 0 Å². The van der Waals surface area contributed by atoms with E-state index in [0.717, 1.165) is 50.1 Å². The van der Waals surface area contributed by atoms with Crippen LogP contribution in [-0.2, 0) is 4.79 Å². The Labute approximate surface area is 166 Å². The molecule has 6 heteroatoms. The van der Waals surface area contributed by atoms with Crippen LogP contribution in [-0.4, -0.2) is 41.0 Å². The zero-order valence-electron chi connectivity index (χ0n) is 16.4. The largest absolute Gasteiger partial charge is 0.351 e. The average molecular weight is 380 g/mol. The highest BCUT2D eigenvalue weighted by Gasteiger charge is 2.25. The minimum atomic E-state index is -0.0713. The normalized spacial score (nSPS) is 19.1. The van der Waals surface area contributed by atoms with Crippen molar-refractivity contribution in [2.24, 2.45) is 0 Å². The smallest absolute Gasteiger partial charge is 0.317 e. The molecule has 2 fully saturated rings. The van der Waals surface area contributed by atoms with E-state index < -0.39 is 0 Å². The maximum Gasteiger partial charge on any atom is 0.317 e. The van der Waals surface area contributed by atoms with Crippen molar-refractivity contribution in [1.29, 1.82) is 0 Å². The Morgan fingerprint density at radius 1 is 1.07 bits per heavy atom. The number of nitrogens with zero attached hydrogens (tertiary/aromatic N) is 3. The second kappa shape index (κ2) is 8.09. The van der Waals surface area contributed by atoms with Gasteiger partial charge in [-0.25, -0.2) is 4.79 Å². The molecule has 1 aromatic heterocycles. The maximum absolute atomic E-state index is 12.6. The van der Waals surface area contributed by atoms with Crippen LogP contribution >= 0.6 is 0 Å². The van der Waals surface area contributed by atoms with Crippen LogP contribution < -0.4 is 10.2 Å². The van der Waals surface area contributed by atoms with E-state index in [4.69, 9.17) is 0 Å². The fraction of sp³-hybridized carbons (Fsp3) is 0.455. The standard InChI is InChI=1S/C22H28N4O2/c1-17(18-6-8-20(9-7-18)26-14-4-5-21(26)27)23-22(28)25-15-10-19(11-16-25)24-12-2-3-13-24/h2-3,6-9,12-13,17,19H,4-5,10-11,14-16H2,1H3,(H,23,28). The SMILES string of the molecule is CC(NC(=O)N1CCC(n2cccc2)CC1)c1ccc(N2CCCC2=O)cc1. The third kappa shape index (κ3) is 3.91. The van der Waals surface area contributed by atoms with Crippen LogP contribution in [0.4, 0.5) is 10.5 Å². The summed E-state index contributed by atoms with van der Waals surface area (Å²) < 4.78 is 2.24. The quantitative estimate of drug-likeness (QED) is 0.879. The summed E-state index contributed by atoms with van der Waals surface area (Å²) in [5, 5.41) is 3.11. The second-order valence-electron chi connectivity index (χ2n) is 7.76. The predicted molar refractivity (Wildman–Crippen MR) is 109 cm³/mol. The molecule has 1 N–H and O–H groups in total. The molecule has 2 aliphatic rings. The Hall–Kier alpha value is -2.76. The molecule has 0 aliphatic carbocycles.